The van der Waals surface area contributed by atoms with E-state index >= 15 is 0 Å². The first-order valence-electron chi connectivity index (χ1n) is 6.60. The third kappa shape index (κ3) is 3.27. The van der Waals surface area contributed by atoms with E-state index in [9.17, 15) is 10.1 Å². The normalized spacial score (nSPS) is 22.6. The van der Waals surface area contributed by atoms with Gasteiger partial charge in [-0.05, 0) is 50.9 Å². The molecule has 1 aliphatic heterocycles. The highest BCUT2D eigenvalue weighted by molar-refractivity contribution is 8.22. The van der Waals surface area contributed by atoms with E-state index in [1.54, 1.807) is 12.3 Å². The van der Waals surface area contributed by atoms with Gasteiger partial charge >= 0.3 is 5.69 Å². The van der Waals surface area contributed by atoms with Gasteiger partial charge in [0, 0.05) is 24.3 Å². The number of thiocarbonyl (C=S) groups is 1. The van der Waals surface area contributed by atoms with E-state index in [2.05, 4.69) is 23.7 Å². The quantitative estimate of drug-likeness (QED) is 0.360. The summed E-state index contributed by atoms with van der Waals surface area (Å²) in [7, 11) is 0. The van der Waals surface area contributed by atoms with Gasteiger partial charge in [0.25, 0.3) is 0 Å². The molecular formula is C13H17N3O2S2. The van der Waals surface area contributed by atoms with Crippen molar-refractivity contribution in [3.05, 3.63) is 28.4 Å². The number of nitrogens with zero attached hydrogens (tertiary/aromatic N) is 3. The maximum atomic E-state index is 11.0. The molecule has 0 radical (unpaired) electrons. The van der Waals surface area contributed by atoms with Crippen molar-refractivity contribution in [3.8, 4) is 0 Å². The summed E-state index contributed by atoms with van der Waals surface area (Å²) in [5.41, 5.74) is 0.0113. The predicted octanol–water partition coefficient (Wildman–Crippen LogP) is 3.63. The Kier molecular flexibility index (Phi) is 4.93. The molecule has 0 aliphatic carbocycles. The van der Waals surface area contributed by atoms with Crippen LogP contribution in [0.2, 0.25) is 0 Å². The van der Waals surface area contributed by atoms with Crippen molar-refractivity contribution in [3.63, 3.8) is 0 Å². The van der Waals surface area contributed by atoms with Crippen molar-refractivity contribution < 1.29 is 4.92 Å². The smallest absolute Gasteiger partial charge is 0.301 e. The summed E-state index contributed by atoms with van der Waals surface area (Å²) in [4.78, 5) is 16.9. The molecule has 1 aromatic heterocycles. The Balaban J connectivity index is 2.17. The van der Waals surface area contributed by atoms with Gasteiger partial charge in [0.15, 0.2) is 5.03 Å². The van der Waals surface area contributed by atoms with Crippen molar-refractivity contribution in [2.75, 3.05) is 0 Å². The van der Waals surface area contributed by atoms with E-state index in [1.807, 2.05) is 0 Å². The number of pyridine rings is 1. The lowest BCUT2D eigenvalue weighted by molar-refractivity contribution is -0.388. The Morgan fingerprint density at radius 2 is 2.15 bits per heavy atom. The molecule has 0 amide bonds. The molecule has 7 heteroatoms. The van der Waals surface area contributed by atoms with Gasteiger partial charge in [0.05, 0.1) is 4.92 Å². The largest absolute Gasteiger partial charge is 0.352 e. The second kappa shape index (κ2) is 6.49. The lowest BCUT2D eigenvalue weighted by Crippen LogP contribution is -2.45. The molecule has 1 fully saturated rings. The summed E-state index contributed by atoms with van der Waals surface area (Å²) in [5, 5.41) is 11.4. The topological polar surface area (TPSA) is 59.3 Å². The first-order valence-corrected chi connectivity index (χ1v) is 7.82. The molecular weight excluding hydrogens is 294 g/mol. The minimum Gasteiger partial charge on any atom is -0.352 e. The third-order valence-corrected chi connectivity index (χ3v) is 4.89. The maximum absolute atomic E-state index is 11.0. The molecule has 2 heterocycles. The second-order valence-electron chi connectivity index (χ2n) is 4.99. The number of rotatable bonds is 2. The monoisotopic (exact) mass is 311 g/mol. The van der Waals surface area contributed by atoms with E-state index < -0.39 is 4.92 Å². The summed E-state index contributed by atoms with van der Waals surface area (Å²) in [6.45, 7) is 4.30. The molecule has 0 aromatic carbocycles. The van der Waals surface area contributed by atoms with Crippen LogP contribution in [-0.4, -0.2) is 31.2 Å². The summed E-state index contributed by atoms with van der Waals surface area (Å²) < 4.78 is 0.673. The zero-order valence-corrected chi connectivity index (χ0v) is 13.1. The van der Waals surface area contributed by atoms with Gasteiger partial charge in [-0.2, -0.15) is 0 Å². The van der Waals surface area contributed by atoms with Crippen LogP contribution in [0, 0.1) is 10.1 Å². The number of thioether (sulfide) groups is 1. The van der Waals surface area contributed by atoms with Gasteiger partial charge in [-0.15, -0.1) is 0 Å². The third-order valence-electron chi connectivity index (χ3n) is 3.54. The molecule has 0 bridgehead atoms. The van der Waals surface area contributed by atoms with Crippen LogP contribution in [0.1, 0.15) is 33.1 Å². The Bertz CT molecular complexity index is 514. The molecule has 108 valence electrons. The number of piperidine rings is 1. The molecule has 2 atom stereocenters. The first-order chi connectivity index (χ1) is 9.50. The zero-order valence-electron chi connectivity index (χ0n) is 11.5. The summed E-state index contributed by atoms with van der Waals surface area (Å²) in [6.07, 6.45) is 4.97. The lowest BCUT2D eigenvalue weighted by Gasteiger charge is -2.40. The average molecular weight is 311 g/mol. The summed E-state index contributed by atoms with van der Waals surface area (Å²) >= 11 is 6.70. The van der Waals surface area contributed by atoms with E-state index in [0.29, 0.717) is 21.4 Å². The Labute approximate surface area is 127 Å². The van der Waals surface area contributed by atoms with Gasteiger partial charge in [0.1, 0.15) is 4.32 Å². The van der Waals surface area contributed by atoms with Crippen LogP contribution in [0.5, 0.6) is 0 Å². The summed E-state index contributed by atoms with van der Waals surface area (Å²) in [5.74, 6) is 0. The van der Waals surface area contributed by atoms with Gasteiger partial charge in [-0.25, -0.2) is 4.98 Å². The van der Waals surface area contributed by atoms with E-state index in [0.717, 1.165) is 12.8 Å². The standard InChI is InChI=1S/C13H17N3O2S2/c1-9-5-3-6-10(2)15(9)13(19)20-12-11(16(17)18)7-4-8-14-12/h4,7-10H,3,5-6H2,1-2H3/t9-,10+. The Morgan fingerprint density at radius 3 is 2.75 bits per heavy atom. The molecule has 5 nitrogen and oxygen atoms in total. The van der Waals surface area contributed by atoms with Crippen molar-refractivity contribution in [2.24, 2.45) is 0 Å². The molecule has 0 unspecified atom stereocenters. The Hall–Kier alpha value is -1.21. The predicted molar refractivity (Wildman–Crippen MR) is 84.0 cm³/mol. The molecule has 0 spiro atoms. The van der Waals surface area contributed by atoms with Crippen molar-refractivity contribution >= 4 is 34.0 Å². The number of likely N-dealkylation sites (tertiary alicyclic amines) is 1. The van der Waals surface area contributed by atoms with Crippen molar-refractivity contribution in [1.29, 1.82) is 0 Å². The highest BCUT2D eigenvalue weighted by atomic mass is 32.2. The van der Waals surface area contributed by atoms with Crippen LogP contribution >= 0.6 is 24.0 Å². The average Bonchev–Trinajstić information content (AvgIpc) is 2.38. The highest BCUT2D eigenvalue weighted by Gasteiger charge is 2.28. The fourth-order valence-electron chi connectivity index (χ4n) is 2.52. The van der Waals surface area contributed by atoms with E-state index in [1.165, 1.54) is 24.2 Å². The van der Waals surface area contributed by atoms with Crippen molar-refractivity contribution in [1.82, 2.24) is 9.88 Å². The minimum atomic E-state index is -0.416. The number of hydrogen-bond acceptors (Lipinski definition) is 5. The van der Waals surface area contributed by atoms with Crippen LogP contribution in [0.15, 0.2) is 23.4 Å². The molecule has 0 N–H and O–H groups in total. The fraction of sp³-hybridized carbons (Fsp3) is 0.538. The zero-order chi connectivity index (χ0) is 14.7. The lowest BCUT2D eigenvalue weighted by atomic mass is 9.99. The molecule has 1 saturated heterocycles. The highest BCUT2D eigenvalue weighted by Crippen LogP contribution is 2.32. The first kappa shape index (κ1) is 15.2. The molecule has 1 aliphatic rings. The molecule has 20 heavy (non-hydrogen) atoms. The van der Waals surface area contributed by atoms with E-state index in [-0.39, 0.29) is 5.69 Å². The fourth-order valence-corrected chi connectivity index (χ4v) is 4.10. The van der Waals surface area contributed by atoms with Gasteiger partial charge in [-0.1, -0.05) is 12.2 Å². The SMILES string of the molecule is C[C@@H]1CCC[C@H](C)N1C(=S)Sc1ncccc1[N+](=O)[O-]. The molecule has 1 aromatic rings. The number of nitro groups is 1. The van der Waals surface area contributed by atoms with Crippen LogP contribution < -0.4 is 0 Å². The van der Waals surface area contributed by atoms with Gasteiger partial charge < -0.3 is 4.90 Å². The number of aromatic nitrogens is 1. The Morgan fingerprint density at radius 1 is 1.50 bits per heavy atom. The van der Waals surface area contributed by atoms with Gasteiger partial charge in [-0.3, -0.25) is 10.1 Å². The second-order valence-corrected chi connectivity index (χ2v) is 6.61. The van der Waals surface area contributed by atoms with Crippen molar-refractivity contribution in [2.45, 2.75) is 50.2 Å². The minimum absolute atomic E-state index is 0.0113. The van der Waals surface area contributed by atoms with Crippen LogP contribution in [0.4, 0.5) is 5.69 Å². The van der Waals surface area contributed by atoms with Crippen LogP contribution in [-0.2, 0) is 0 Å². The van der Waals surface area contributed by atoms with E-state index in [4.69, 9.17) is 12.2 Å². The molecule has 2 rings (SSSR count). The van der Waals surface area contributed by atoms with Crippen LogP contribution in [0.3, 0.4) is 0 Å². The molecule has 0 saturated carbocycles. The number of hydrogen-bond donors (Lipinski definition) is 0. The maximum Gasteiger partial charge on any atom is 0.301 e. The van der Waals surface area contributed by atoms with Gasteiger partial charge in [0.2, 0.25) is 0 Å². The van der Waals surface area contributed by atoms with Crippen LogP contribution in [0.25, 0.3) is 0 Å². The summed E-state index contributed by atoms with van der Waals surface area (Å²) in [6, 6.07) is 3.78.